The van der Waals surface area contributed by atoms with E-state index in [1.807, 2.05) is 25.1 Å². The molecule has 3 aromatic rings. The summed E-state index contributed by atoms with van der Waals surface area (Å²) in [6.07, 6.45) is 3.12. The molecule has 1 N–H and O–H groups in total. The Morgan fingerprint density at radius 2 is 1.88 bits per heavy atom. The fourth-order valence-corrected chi connectivity index (χ4v) is 4.25. The van der Waals surface area contributed by atoms with Crippen LogP contribution in [-0.2, 0) is 4.84 Å². The molecule has 0 radical (unpaired) electrons. The van der Waals surface area contributed by atoms with Crippen molar-refractivity contribution < 1.29 is 13.6 Å². The molecule has 0 unspecified atom stereocenters. The first-order valence-electron chi connectivity index (χ1n) is 11.6. The summed E-state index contributed by atoms with van der Waals surface area (Å²) in [7, 11) is 0. The van der Waals surface area contributed by atoms with Gasteiger partial charge in [0.1, 0.15) is 23.5 Å². The van der Waals surface area contributed by atoms with Crippen LogP contribution in [0.5, 0.6) is 0 Å². The molecule has 2 aromatic carbocycles. The van der Waals surface area contributed by atoms with Gasteiger partial charge in [-0.15, -0.1) is 0 Å². The number of oxime groups is 1. The number of pyridine rings is 1. The maximum atomic E-state index is 14.8. The average molecular weight is 466 g/mol. The molecular formula is C27H29F2N3O2. The van der Waals surface area contributed by atoms with Gasteiger partial charge in [-0.2, -0.15) is 0 Å². The van der Waals surface area contributed by atoms with Gasteiger partial charge in [-0.05, 0) is 68.1 Å². The van der Waals surface area contributed by atoms with E-state index in [0.717, 1.165) is 48.8 Å². The van der Waals surface area contributed by atoms with Crippen LogP contribution in [0.3, 0.4) is 0 Å². The van der Waals surface area contributed by atoms with Gasteiger partial charge < -0.3 is 10.2 Å². The predicted octanol–water partition coefficient (Wildman–Crippen LogP) is 5.07. The molecule has 1 fully saturated rings. The fraction of sp³-hybridized carbons (Fsp3) is 0.333. The maximum absolute atomic E-state index is 14.8. The molecular weight excluding hydrogens is 436 g/mol. The molecule has 0 saturated carbocycles. The van der Waals surface area contributed by atoms with Crippen LogP contribution in [0.4, 0.5) is 8.78 Å². The first-order chi connectivity index (χ1) is 16.3. The maximum Gasteiger partial charge on any atom is 0.255 e. The number of hydrogen-bond donors (Lipinski definition) is 1. The monoisotopic (exact) mass is 465 g/mol. The Morgan fingerprint density at radius 1 is 1.12 bits per heavy atom. The van der Waals surface area contributed by atoms with Crippen LogP contribution in [0.1, 0.15) is 54.9 Å². The molecule has 2 heterocycles. The van der Waals surface area contributed by atoms with Crippen molar-refractivity contribution >= 4 is 5.71 Å². The van der Waals surface area contributed by atoms with Crippen LogP contribution in [-0.4, -0.2) is 29.5 Å². The summed E-state index contributed by atoms with van der Waals surface area (Å²) in [6, 6.07) is 12.3. The highest BCUT2D eigenvalue weighted by Gasteiger charge is 2.20. The number of aromatic nitrogens is 1. The number of benzene rings is 2. The first kappa shape index (κ1) is 23.8. The smallest absolute Gasteiger partial charge is 0.255 e. The quantitative estimate of drug-likeness (QED) is 0.409. The van der Waals surface area contributed by atoms with Crippen LogP contribution in [0.2, 0.25) is 0 Å². The van der Waals surface area contributed by atoms with Crippen molar-refractivity contribution in [3.63, 3.8) is 0 Å². The summed E-state index contributed by atoms with van der Waals surface area (Å²) in [5.41, 5.74) is 3.37. The third-order valence-electron chi connectivity index (χ3n) is 6.08. The lowest BCUT2D eigenvalue weighted by atomic mass is 9.97. The highest BCUT2D eigenvalue weighted by atomic mass is 19.1. The molecule has 0 atom stereocenters. The molecule has 4 rings (SSSR count). The molecule has 1 aromatic heterocycles. The lowest BCUT2D eigenvalue weighted by molar-refractivity contribution is 0.0378. The van der Waals surface area contributed by atoms with Crippen molar-refractivity contribution in [1.29, 1.82) is 0 Å². The van der Waals surface area contributed by atoms with Gasteiger partial charge in [0, 0.05) is 29.5 Å². The second-order valence-electron chi connectivity index (χ2n) is 8.91. The van der Waals surface area contributed by atoms with Crippen LogP contribution < -0.4 is 10.9 Å². The van der Waals surface area contributed by atoms with E-state index in [-0.39, 0.29) is 28.9 Å². The number of piperidine rings is 1. The number of nitrogens with zero attached hydrogens (tertiary/aromatic N) is 2. The standard InChI is InChI=1S/C27H29F2N3O2/c1-17(2)22-6-4-5-18(3)27(22)32-16-19(7-10-25(32)33)26(23-9-8-20(28)15-24(23)29)31-34-21-11-13-30-14-12-21/h4-10,15-17,21,30H,11-14H2,1-3H3/b31-26-. The number of halogens is 2. The van der Waals surface area contributed by atoms with Gasteiger partial charge in [0.25, 0.3) is 5.56 Å². The molecule has 0 bridgehead atoms. The third-order valence-corrected chi connectivity index (χ3v) is 6.08. The summed E-state index contributed by atoms with van der Waals surface area (Å²) in [5, 5.41) is 7.60. The molecule has 0 aliphatic carbocycles. The van der Waals surface area contributed by atoms with E-state index in [1.165, 1.54) is 18.2 Å². The van der Waals surface area contributed by atoms with E-state index in [9.17, 15) is 13.6 Å². The molecule has 1 saturated heterocycles. The molecule has 0 spiro atoms. The zero-order chi connectivity index (χ0) is 24.2. The van der Waals surface area contributed by atoms with Crippen molar-refractivity contribution in [3.05, 3.63) is 99.0 Å². The largest absolute Gasteiger partial charge is 0.392 e. The van der Waals surface area contributed by atoms with Crippen molar-refractivity contribution in [2.45, 2.75) is 45.6 Å². The van der Waals surface area contributed by atoms with Crippen LogP contribution >= 0.6 is 0 Å². The third kappa shape index (κ3) is 5.09. The van der Waals surface area contributed by atoms with E-state index in [1.54, 1.807) is 16.8 Å². The van der Waals surface area contributed by atoms with Crippen molar-refractivity contribution in [1.82, 2.24) is 9.88 Å². The zero-order valence-electron chi connectivity index (χ0n) is 19.6. The molecule has 0 amide bonds. The van der Waals surface area contributed by atoms with Gasteiger partial charge in [-0.3, -0.25) is 9.36 Å². The predicted molar refractivity (Wildman–Crippen MR) is 130 cm³/mol. The number of para-hydroxylation sites is 1. The van der Waals surface area contributed by atoms with Crippen molar-refractivity contribution in [3.8, 4) is 5.69 Å². The highest BCUT2D eigenvalue weighted by molar-refractivity contribution is 6.12. The molecule has 1 aliphatic heterocycles. The Morgan fingerprint density at radius 3 is 2.59 bits per heavy atom. The van der Waals surface area contributed by atoms with Gasteiger partial charge >= 0.3 is 0 Å². The lowest BCUT2D eigenvalue weighted by Crippen LogP contribution is -2.31. The Bertz CT molecular complexity index is 1260. The minimum Gasteiger partial charge on any atom is -0.392 e. The molecule has 1 aliphatic rings. The van der Waals surface area contributed by atoms with Crippen LogP contribution in [0, 0.1) is 18.6 Å². The van der Waals surface area contributed by atoms with Gasteiger partial charge in [0.15, 0.2) is 0 Å². The van der Waals surface area contributed by atoms with E-state index < -0.39 is 11.6 Å². The molecule has 178 valence electrons. The SMILES string of the molecule is Cc1cccc(C(C)C)c1-n1cc(/C(=N/OC2CCNCC2)c2ccc(F)cc2F)ccc1=O. The lowest BCUT2D eigenvalue weighted by Gasteiger charge is -2.21. The Hall–Kier alpha value is -3.32. The summed E-state index contributed by atoms with van der Waals surface area (Å²) in [5.74, 6) is -1.23. The summed E-state index contributed by atoms with van der Waals surface area (Å²) < 4.78 is 30.0. The number of nitrogens with one attached hydrogen (secondary N) is 1. The average Bonchev–Trinajstić information content (AvgIpc) is 2.82. The topological polar surface area (TPSA) is 55.6 Å². The minimum atomic E-state index is -0.746. The van der Waals surface area contributed by atoms with E-state index in [4.69, 9.17) is 4.84 Å². The Kier molecular flexibility index (Phi) is 7.22. The molecule has 34 heavy (non-hydrogen) atoms. The van der Waals surface area contributed by atoms with Crippen molar-refractivity contribution in [2.24, 2.45) is 5.16 Å². The first-order valence-corrected chi connectivity index (χ1v) is 11.6. The Labute approximate surface area is 198 Å². The zero-order valence-corrected chi connectivity index (χ0v) is 19.6. The summed E-state index contributed by atoms with van der Waals surface area (Å²) in [4.78, 5) is 18.7. The van der Waals surface area contributed by atoms with Gasteiger partial charge in [-0.1, -0.05) is 37.2 Å². The van der Waals surface area contributed by atoms with Gasteiger partial charge in [-0.25, -0.2) is 8.78 Å². The second kappa shape index (κ2) is 10.3. The fourth-order valence-electron chi connectivity index (χ4n) is 4.25. The number of hydrogen-bond acceptors (Lipinski definition) is 4. The summed E-state index contributed by atoms with van der Waals surface area (Å²) >= 11 is 0. The van der Waals surface area contributed by atoms with E-state index in [0.29, 0.717) is 5.56 Å². The van der Waals surface area contributed by atoms with Crippen LogP contribution in [0.15, 0.2) is 64.7 Å². The second-order valence-corrected chi connectivity index (χ2v) is 8.91. The minimum absolute atomic E-state index is 0.102. The molecule has 5 nitrogen and oxygen atoms in total. The molecule has 7 heteroatoms. The normalized spacial score (nSPS) is 15.1. The number of aryl methyl sites for hydroxylation is 1. The Balaban J connectivity index is 1.85. The summed E-state index contributed by atoms with van der Waals surface area (Å²) in [6.45, 7) is 7.73. The highest BCUT2D eigenvalue weighted by Crippen LogP contribution is 2.26. The van der Waals surface area contributed by atoms with E-state index in [2.05, 4.69) is 24.3 Å². The van der Waals surface area contributed by atoms with Gasteiger partial charge in [0.2, 0.25) is 0 Å². The van der Waals surface area contributed by atoms with Gasteiger partial charge in [0.05, 0.1) is 5.69 Å². The van der Waals surface area contributed by atoms with E-state index >= 15 is 0 Å². The van der Waals surface area contributed by atoms with Crippen molar-refractivity contribution in [2.75, 3.05) is 13.1 Å². The van der Waals surface area contributed by atoms with Crippen LogP contribution in [0.25, 0.3) is 5.69 Å². The number of rotatable bonds is 6.